The molecule has 1 aromatic carbocycles. The highest BCUT2D eigenvalue weighted by molar-refractivity contribution is 5.30. The summed E-state index contributed by atoms with van der Waals surface area (Å²) in [7, 11) is 1.67. The molecule has 13 heavy (non-hydrogen) atoms. The van der Waals surface area contributed by atoms with Crippen LogP contribution >= 0.6 is 0 Å². The Labute approximate surface area is 79.7 Å². The van der Waals surface area contributed by atoms with Crippen LogP contribution in [-0.4, -0.2) is 13.7 Å². The first kappa shape index (κ1) is 10.2. The molecule has 72 valence electrons. The number of hydrogen-bond donors (Lipinski definition) is 1. The van der Waals surface area contributed by atoms with Crippen molar-refractivity contribution >= 4 is 0 Å². The van der Waals surface area contributed by atoms with E-state index in [9.17, 15) is 0 Å². The highest BCUT2D eigenvalue weighted by Crippen LogP contribution is 2.14. The van der Waals surface area contributed by atoms with Gasteiger partial charge in [0.2, 0.25) is 0 Å². The zero-order chi connectivity index (χ0) is 9.84. The van der Waals surface area contributed by atoms with Gasteiger partial charge in [-0.2, -0.15) is 0 Å². The molecule has 0 bridgehead atoms. The summed E-state index contributed by atoms with van der Waals surface area (Å²) in [5.41, 5.74) is 9.57. The van der Waals surface area contributed by atoms with Gasteiger partial charge < -0.3 is 10.5 Å². The van der Waals surface area contributed by atoms with Crippen LogP contribution in [0.4, 0.5) is 0 Å². The fourth-order valence-corrected chi connectivity index (χ4v) is 1.50. The second-order valence-electron chi connectivity index (χ2n) is 3.48. The van der Waals surface area contributed by atoms with Crippen molar-refractivity contribution in [1.29, 1.82) is 0 Å². The SMILES string of the molecule is COC[C@H](N)c1cc(C)cc(C)c1. The molecule has 2 heteroatoms. The molecule has 2 nitrogen and oxygen atoms in total. The summed E-state index contributed by atoms with van der Waals surface area (Å²) >= 11 is 0. The molecule has 1 aromatic rings. The first-order valence-corrected chi connectivity index (χ1v) is 4.46. The molecule has 0 saturated heterocycles. The molecule has 0 spiro atoms. The topological polar surface area (TPSA) is 35.2 Å². The number of nitrogens with two attached hydrogens (primary N) is 1. The lowest BCUT2D eigenvalue weighted by Gasteiger charge is -2.12. The Morgan fingerprint density at radius 1 is 1.23 bits per heavy atom. The van der Waals surface area contributed by atoms with E-state index in [-0.39, 0.29) is 6.04 Å². The lowest BCUT2D eigenvalue weighted by atomic mass is 10.0. The minimum Gasteiger partial charge on any atom is -0.383 e. The molecular formula is C11H17NO. The number of benzene rings is 1. The third-order valence-electron chi connectivity index (χ3n) is 2.02. The van der Waals surface area contributed by atoms with Crippen molar-refractivity contribution in [3.63, 3.8) is 0 Å². The molecule has 0 saturated carbocycles. The third-order valence-corrected chi connectivity index (χ3v) is 2.02. The van der Waals surface area contributed by atoms with Crippen LogP contribution < -0.4 is 5.73 Å². The van der Waals surface area contributed by atoms with E-state index in [1.165, 1.54) is 11.1 Å². The van der Waals surface area contributed by atoms with E-state index in [0.717, 1.165) is 5.56 Å². The highest BCUT2D eigenvalue weighted by Gasteiger charge is 2.05. The Hall–Kier alpha value is -0.860. The molecule has 0 radical (unpaired) electrons. The Kier molecular flexibility index (Phi) is 3.46. The maximum Gasteiger partial charge on any atom is 0.0655 e. The lowest BCUT2D eigenvalue weighted by molar-refractivity contribution is 0.181. The number of ether oxygens (including phenoxy) is 1. The monoisotopic (exact) mass is 179 g/mol. The van der Waals surface area contributed by atoms with Crippen LogP contribution in [0.2, 0.25) is 0 Å². The van der Waals surface area contributed by atoms with Gasteiger partial charge in [0.25, 0.3) is 0 Å². The summed E-state index contributed by atoms with van der Waals surface area (Å²) in [6.45, 7) is 4.73. The molecule has 0 amide bonds. The van der Waals surface area contributed by atoms with Gasteiger partial charge >= 0.3 is 0 Å². The van der Waals surface area contributed by atoms with E-state index < -0.39 is 0 Å². The molecule has 0 aliphatic rings. The van der Waals surface area contributed by atoms with Crippen molar-refractivity contribution in [3.05, 3.63) is 34.9 Å². The molecule has 0 unspecified atom stereocenters. The van der Waals surface area contributed by atoms with E-state index in [1.54, 1.807) is 7.11 Å². The van der Waals surface area contributed by atoms with Gasteiger partial charge in [0.15, 0.2) is 0 Å². The third kappa shape index (κ3) is 2.83. The zero-order valence-electron chi connectivity index (χ0n) is 8.50. The number of hydrogen-bond acceptors (Lipinski definition) is 2. The Balaban J connectivity index is 2.87. The molecule has 0 fully saturated rings. The van der Waals surface area contributed by atoms with E-state index in [2.05, 4.69) is 32.0 Å². The Morgan fingerprint density at radius 3 is 2.23 bits per heavy atom. The summed E-state index contributed by atoms with van der Waals surface area (Å²) in [6, 6.07) is 6.35. The Morgan fingerprint density at radius 2 is 1.77 bits per heavy atom. The van der Waals surface area contributed by atoms with Crippen LogP contribution in [0.1, 0.15) is 22.7 Å². The van der Waals surface area contributed by atoms with Gasteiger partial charge in [0, 0.05) is 7.11 Å². The van der Waals surface area contributed by atoms with Crippen LogP contribution in [-0.2, 0) is 4.74 Å². The van der Waals surface area contributed by atoms with Gasteiger partial charge in [-0.3, -0.25) is 0 Å². The van der Waals surface area contributed by atoms with Crippen molar-refractivity contribution in [2.75, 3.05) is 13.7 Å². The largest absolute Gasteiger partial charge is 0.383 e. The van der Waals surface area contributed by atoms with Crippen molar-refractivity contribution in [2.45, 2.75) is 19.9 Å². The first-order valence-electron chi connectivity index (χ1n) is 4.46. The second kappa shape index (κ2) is 4.40. The van der Waals surface area contributed by atoms with E-state index in [1.807, 2.05) is 0 Å². The summed E-state index contributed by atoms with van der Waals surface area (Å²) < 4.78 is 5.01. The van der Waals surface area contributed by atoms with Gasteiger partial charge in [-0.1, -0.05) is 29.3 Å². The number of aryl methyl sites for hydroxylation is 2. The summed E-state index contributed by atoms with van der Waals surface area (Å²) in [4.78, 5) is 0. The van der Waals surface area contributed by atoms with Gasteiger partial charge in [-0.25, -0.2) is 0 Å². The van der Waals surface area contributed by atoms with Crippen molar-refractivity contribution in [3.8, 4) is 0 Å². The van der Waals surface area contributed by atoms with Gasteiger partial charge in [0.1, 0.15) is 0 Å². The van der Waals surface area contributed by atoms with Gasteiger partial charge in [0.05, 0.1) is 12.6 Å². The fraction of sp³-hybridized carbons (Fsp3) is 0.455. The van der Waals surface area contributed by atoms with E-state index >= 15 is 0 Å². The molecule has 1 rings (SSSR count). The average Bonchev–Trinajstić information content (AvgIpc) is 2.03. The standard InChI is InChI=1S/C11H17NO/c1-8-4-9(2)6-10(5-8)11(12)7-13-3/h4-6,11H,7,12H2,1-3H3/t11-/m0/s1. The molecular weight excluding hydrogens is 162 g/mol. The summed E-state index contributed by atoms with van der Waals surface area (Å²) in [6.07, 6.45) is 0. The molecule has 0 aliphatic heterocycles. The lowest BCUT2D eigenvalue weighted by Crippen LogP contribution is -2.16. The second-order valence-corrected chi connectivity index (χ2v) is 3.48. The van der Waals surface area contributed by atoms with Crippen LogP contribution in [0.5, 0.6) is 0 Å². The zero-order valence-corrected chi connectivity index (χ0v) is 8.50. The smallest absolute Gasteiger partial charge is 0.0655 e. The Bertz CT molecular complexity index is 263. The molecule has 0 aromatic heterocycles. The summed E-state index contributed by atoms with van der Waals surface area (Å²) in [5.74, 6) is 0. The normalized spacial score (nSPS) is 12.9. The van der Waals surface area contributed by atoms with Crippen molar-refractivity contribution in [1.82, 2.24) is 0 Å². The maximum atomic E-state index is 5.92. The fourth-order valence-electron chi connectivity index (χ4n) is 1.50. The first-order chi connectivity index (χ1) is 6.13. The highest BCUT2D eigenvalue weighted by atomic mass is 16.5. The van der Waals surface area contributed by atoms with Crippen LogP contribution in [0.3, 0.4) is 0 Å². The number of rotatable bonds is 3. The summed E-state index contributed by atoms with van der Waals surface area (Å²) in [5, 5.41) is 0. The van der Waals surface area contributed by atoms with E-state index in [4.69, 9.17) is 10.5 Å². The van der Waals surface area contributed by atoms with Gasteiger partial charge in [-0.05, 0) is 19.4 Å². The van der Waals surface area contributed by atoms with E-state index in [0.29, 0.717) is 6.61 Å². The molecule has 2 N–H and O–H groups in total. The quantitative estimate of drug-likeness (QED) is 0.769. The molecule has 1 atom stereocenters. The van der Waals surface area contributed by atoms with Gasteiger partial charge in [-0.15, -0.1) is 0 Å². The number of methoxy groups -OCH3 is 1. The van der Waals surface area contributed by atoms with Crippen LogP contribution in [0.25, 0.3) is 0 Å². The molecule has 0 aliphatic carbocycles. The predicted molar refractivity (Wildman–Crippen MR) is 54.7 cm³/mol. The maximum absolute atomic E-state index is 5.92. The minimum absolute atomic E-state index is 0.0106. The van der Waals surface area contributed by atoms with Crippen LogP contribution in [0.15, 0.2) is 18.2 Å². The van der Waals surface area contributed by atoms with Crippen molar-refractivity contribution in [2.24, 2.45) is 5.73 Å². The predicted octanol–water partition coefficient (Wildman–Crippen LogP) is 1.95. The van der Waals surface area contributed by atoms with Crippen LogP contribution in [0, 0.1) is 13.8 Å². The minimum atomic E-state index is -0.0106. The average molecular weight is 179 g/mol. The van der Waals surface area contributed by atoms with Crippen molar-refractivity contribution < 1.29 is 4.74 Å². The molecule has 0 heterocycles.